The Kier molecular flexibility index (Phi) is 5.35. The van der Waals surface area contributed by atoms with Gasteiger partial charge in [-0.15, -0.1) is 0 Å². The second-order valence-electron chi connectivity index (χ2n) is 3.60. The van der Waals surface area contributed by atoms with Crippen LogP contribution in [0.1, 0.15) is 25.0 Å². The van der Waals surface area contributed by atoms with Gasteiger partial charge in [0.2, 0.25) is 0 Å². The van der Waals surface area contributed by atoms with Gasteiger partial charge in [0, 0.05) is 0 Å². The summed E-state index contributed by atoms with van der Waals surface area (Å²) in [7, 11) is 0. The van der Waals surface area contributed by atoms with Crippen LogP contribution in [0.5, 0.6) is 0 Å². The number of benzene rings is 1. The lowest BCUT2D eigenvalue weighted by atomic mass is 9.99. The van der Waals surface area contributed by atoms with Crippen molar-refractivity contribution in [2.45, 2.75) is 26.7 Å². The second kappa shape index (κ2) is 6.84. The molecule has 0 heteroatoms. The number of fused-ring (bicyclic) bond motifs is 1. The molecular weight excluding hydrogens is 192 g/mol. The maximum atomic E-state index is 4.04. The first-order valence-corrected chi connectivity index (χ1v) is 5.94. The summed E-state index contributed by atoms with van der Waals surface area (Å²) in [5.74, 6) is 0. The summed E-state index contributed by atoms with van der Waals surface area (Å²) >= 11 is 0. The Hall–Kier alpha value is -1.56. The minimum absolute atomic E-state index is 0.967. The Bertz CT molecular complexity index is 394. The number of rotatable bonds is 0. The van der Waals surface area contributed by atoms with E-state index in [1.165, 1.54) is 16.7 Å². The minimum atomic E-state index is 0.967. The highest BCUT2D eigenvalue weighted by atomic mass is 14.1. The zero-order valence-corrected chi connectivity index (χ0v) is 10.2. The first kappa shape index (κ1) is 12.5. The first-order chi connectivity index (χ1) is 7.86. The molecule has 0 fully saturated rings. The lowest BCUT2D eigenvalue weighted by molar-refractivity contribution is 1.13. The molecule has 1 aliphatic rings. The SMILES string of the molecule is C=C1/C=C\C=C/Cc2ccccc2C1.CC. The standard InChI is InChI=1S/C14H14.C2H6/c1-12-7-3-2-4-8-13-9-5-6-10-14(13)11-12;1-2/h2-7,9-10H,1,8,11H2;1-2H3/b4-2-,7-3-;. The normalized spacial score (nSPS) is 18.0. The minimum Gasteiger partial charge on any atom is -0.0955 e. The average Bonchev–Trinajstić information content (AvgIpc) is 2.41. The highest BCUT2D eigenvalue weighted by Gasteiger charge is 2.01. The van der Waals surface area contributed by atoms with Crippen molar-refractivity contribution in [3.63, 3.8) is 0 Å². The van der Waals surface area contributed by atoms with Crippen LogP contribution in [0.25, 0.3) is 0 Å². The van der Waals surface area contributed by atoms with Gasteiger partial charge in [0.25, 0.3) is 0 Å². The molecule has 0 amide bonds. The summed E-state index contributed by atoms with van der Waals surface area (Å²) in [6.07, 6.45) is 10.4. The fourth-order valence-electron chi connectivity index (χ4n) is 1.70. The molecule has 16 heavy (non-hydrogen) atoms. The van der Waals surface area contributed by atoms with E-state index >= 15 is 0 Å². The van der Waals surface area contributed by atoms with E-state index in [1.807, 2.05) is 13.8 Å². The van der Waals surface area contributed by atoms with E-state index in [4.69, 9.17) is 0 Å². The molecule has 0 heterocycles. The van der Waals surface area contributed by atoms with Crippen molar-refractivity contribution >= 4 is 0 Å². The van der Waals surface area contributed by atoms with Gasteiger partial charge < -0.3 is 0 Å². The van der Waals surface area contributed by atoms with Crippen LogP contribution in [0.2, 0.25) is 0 Å². The third-order valence-corrected chi connectivity index (χ3v) is 2.45. The summed E-state index contributed by atoms with van der Waals surface area (Å²) in [4.78, 5) is 0. The zero-order valence-electron chi connectivity index (χ0n) is 10.2. The maximum absolute atomic E-state index is 4.04. The zero-order chi connectivity index (χ0) is 11.8. The Labute approximate surface area is 99.0 Å². The molecule has 1 aromatic rings. The molecule has 0 saturated heterocycles. The van der Waals surface area contributed by atoms with E-state index < -0.39 is 0 Å². The smallest absolute Gasteiger partial charge is 0.00288 e. The monoisotopic (exact) mass is 212 g/mol. The summed E-state index contributed by atoms with van der Waals surface area (Å²) < 4.78 is 0. The lowest BCUT2D eigenvalue weighted by Crippen LogP contribution is -1.93. The molecule has 0 nitrogen and oxygen atoms in total. The molecule has 2 rings (SSSR count). The Morgan fingerprint density at radius 2 is 1.69 bits per heavy atom. The van der Waals surface area contributed by atoms with Gasteiger partial charge >= 0.3 is 0 Å². The molecule has 0 aliphatic heterocycles. The largest absolute Gasteiger partial charge is 0.0955 e. The third kappa shape index (κ3) is 3.54. The molecule has 84 valence electrons. The van der Waals surface area contributed by atoms with Crippen molar-refractivity contribution in [3.8, 4) is 0 Å². The van der Waals surface area contributed by atoms with E-state index in [9.17, 15) is 0 Å². The molecule has 0 bridgehead atoms. The molecule has 0 saturated carbocycles. The van der Waals surface area contributed by atoms with Crippen molar-refractivity contribution in [2.24, 2.45) is 0 Å². The van der Waals surface area contributed by atoms with E-state index in [0.29, 0.717) is 0 Å². The van der Waals surface area contributed by atoms with Crippen LogP contribution in [0.3, 0.4) is 0 Å². The van der Waals surface area contributed by atoms with Gasteiger partial charge in [0.1, 0.15) is 0 Å². The van der Waals surface area contributed by atoms with Gasteiger partial charge in [0.15, 0.2) is 0 Å². The maximum Gasteiger partial charge on any atom is -0.00288 e. The van der Waals surface area contributed by atoms with Gasteiger partial charge in [0.05, 0.1) is 0 Å². The van der Waals surface area contributed by atoms with Crippen molar-refractivity contribution < 1.29 is 0 Å². The van der Waals surface area contributed by atoms with Crippen molar-refractivity contribution in [1.82, 2.24) is 0 Å². The van der Waals surface area contributed by atoms with Crippen molar-refractivity contribution in [3.05, 3.63) is 71.8 Å². The highest BCUT2D eigenvalue weighted by Crippen LogP contribution is 2.16. The molecule has 1 aromatic carbocycles. The molecule has 0 N–H and O–H groups in total. The van der Waals surface area contributed by atoms with Gasteiger partial charge in [-0.25, -0.2) is 0 Å². The first-order valence-electron chi connectivity index (χ1n) is 5.94. The molecule has 1 aliphatic carbocycles. The van der Waals surface area contributed by atoms with Crippen LogP contribution in [-0.4, -0.2) is 0 Å². The highest BCUT2D eigenvalue weighted by molar-refractivity contribution is 5.36. The Morgan fingerprint density at radius 3 is 2.44 bits per heavy atom. The van der Waals surface area contributed by atoms with E-state index in [1.54, 1.807) is 0 Å². The topological polar surface area (TPSA) is 0 Å². The Morgan fingerprint density at radius 1 is 1.00 bits per heavy atom. The van der Waals surface area contributed by atoms with Crippen molar-refractivity contribution in [2.75, 3.05) is 0 Å². The van der Waals surface area contributed by atoms with Gasteiger partial charge in [-0.05, 0) is 24.0 Å². The van der Waals surface area contributed by atoms with Crippen LogP contribution >= 0.6 is 0 Å². The molecule has 0 radical (unpaired) electrons. The van der Waals surface area contributed by atoms with Gasteiger partial charge in [-0.3, -0.25) is 0 Å². The number of allylic oxidation sites excluding steroid dienone is 5. The molecule has 0 spiro atoms. The third-order valence-electron chi connectivity index (χ3n) is 2.45. The fraction of sp³-hybridized carbons (Fsp3) is 0.250. The lowest BCUT2D eigenvalue weighted by Gasteiger charge is -2.06. The van der Waals surface area contributed by atoms with E-state index in [2.05, 4.69) is 55.1 Å². The van der Waals surface area contributed by atoms with Crippen LogP contribution in [0.15, 0.2) is 60.7 Å². The molecular formula is C16H20. The summed E-state index contributed by atoms with van der Waals surface area (Å²) in [6.45, 7) is 8.04. The average molecular weight is 212 g/mol. The summed E-state index contributed by atoms with van der Waals surface area (Å²) in [6, 6.07) is 8.57. The molecule has 0 aromatic heterocycles. The van der Waals surface area contributed by atoms with Crippen LogP contribution in [-0.2, 0) is 12.8 Å². The molecule has 0 unspecified atom stereocenters. The number of hydrogen-bond donors (Lipinski definition) is 0. The van der Waals surface area contributed by atoms with E-state index in [0.717, 1.165) is 12.8 Å². The van der Waals surface area contributed by atoms with Crippen molar-refractivity contribution in [1.29, 1.82) is 0 Å². The second-order valence-corrected chi connectivity index (χ2v) is 3.60. The predicted molar refractivity (Wildman–Crippen MR) is 72.6 cm³/mol. The summed E-state index contributed by atoms with van der Waals surface area (Å²) in [5.41, 5.74) is 3.98. The van der Waals surface area contributed by atoms with Crippen LogP contribution < -0.4 is 0 Å². The van der Waals surface area contributed by atoms with E-state index in [-0.39, 0.29) is 0 Å². The quantitative estimate of drug-likeness (QED) is 0.595. The molecule has 0 atom stereocenters. The number of hydrogen-bond acceptors (Lipinski definition) is 0. The fourth-order valence-corrected chi connectivity index (χ4v) is 1.70. The Balaban J connectivity index is 0.000000606. The van der Waals surface area contributed by atoms with Gasteiger partial charge in [-0.1, -0.05) is 74.6 Å². The van der Waals surface area contributed by atoms with Gasteiger partial charge in [-0.2, -0.15) is 0 Å². The van der Waals surface area contributed by atoms with Crippen LogP contribution in [0, 0.1) is 0 Å². The summed E-state index contributed by atoms with van der Waals surface area (Å²) in [5, 5.41) is 0. The predicted octanol–water partition coefficient (Wildman–Crippen LogP) is 4.48. The van der Waals surface area contributed by atoms with Crippen LogP contribution in [0.4, 0.5) is 0 Å².